The summed E-state index contributed by atoms with van der Waals surface area (Å²) in [6.07, 6.45) is 0.0214. The molecule has 2 amide bonds. The molecule has 9 heteroatoms. The molecule has 1 heterocycles. The molecular weight excluding hydrogens is 417 g/mol. The highest BCUT2D eigenvalue weighted by atomic mass is 32.2. The topological polar surface area (TPSA) is 88.9 Å². The number of carbonyl (C=O) groups excluding carboxylic acids is 2. The van der Waals surface area contributed by atoms with Crippen molar-refractivity contribution < 1.29 is 14.0 Å². The summed E-state index contributed by atoms with van der Waals surface area (Å²) in [7, 11) is 0. The smallest absolute Gasteiger partial charge is 0.234 e. The van der Waals surface area contributed by atoms with Crippen LogP contribution < -0.4 is 10.6 Å². The van der Waals surface area contributed by atoms with E-state index in [0.717, 1.165) is 16.8 Å². The maximum atomic E-state index is 13.0. The van der Waals surface area contributed by atoms with Gasteiger partial charge in [0.2, 0.25) is 11.8 Å². The normalized spacial score (nSPS) is 10.7. The summed E-state index contributed by atoms with van der Waals surface area (Å²) < 4.78 is 14.8. The Morgan fingerprint density at radius 3 is 2.45 bits per heavy atom. The molecule has 31 heavy (non-hydrogen) atoms. The molecule has 0 bridgehead atoms. The number of benzene rings is 2. The summed E-state index contributed by atoms with van der Waals surface area (Å²) in [6, 6.07) is 11.4. The first kappa shape index (κ1) is 22.5. The molecule has 3 aromatic rings. The van der Waals surface area contributed by atoms with Gasteiger partial charge in [0.25, 0.3) is 0 Å². The molecule has 2 aromatic carbocycles. The van der Waals surface area contributed by atoms with Crippen molar-refractivity contribution in [1.29, 1.82) is 0 Å². The average Bonchev–Trinajstić information content (AvgIpc) is 3.11. The number of halogens is 1. The van der Waals surface area contributed by atoms with E-state index in [1.807, 2.05) is 39.0 Å². The third kappa shape index (κ3) is 6.14. The lowest BCUT2D eigenvalue weighted by Crippen LogP contribution is -2.18. The Morgan fingerprint density at radius 1 is 1.03 bits per heavy atom. The van der Waals surface area contributed by atoms with E-state index < -0.39 is 0 Å². The van der Waals surface area contributed by atoms with Crippen LogP contribution in [0.3, 0.4) is 0 Å². The van der Waals surface area contributed by atoms with Gasteiger partial charge in [0.05, 0.1) is 12.2 Å². The van der Waals surface area contributed by atoms with Gasteiger partial charge in [-0.25, -0.2) is 4.39 Å². The fourth-order valence-electron chi connectivity index (χ4n) is 3.03. The maximum absolute atomic E-state index is 13.0. The zero-order chi connectivity index (χ0) is 22.4. The van der Waals surface area contributed by atoms with E-state index in [4.69, 9.17) is 0 Å². The maximum Gasteiger partial charge on any atom is 0.234 e. The molecule has 7 nitrogen and oxygen atoms in total. The lowest BCUT2D eigenvalue weighted by atomic mass is 10.1. The number of aryl methyl sites for hydroxylation is 2. The zero-order valence-corrected chi connectivity index (χ0v) is 18.4. The molecule has 0 aliphatic rings. The number of aromatic nitrogens is 3. The van der Waals surface area contributed by atoms with Crippen LogP contribution in [0.15, 0.2) is 47.6 Å². The van der Waals surface area contributed by atoms with Gasteiger partial charge in [0.1, 0.15) is 11.6 Å². The van der Waals surface area contributed by atoms with E-state index in [-0.39, 0.29) is 29.8 Å². The second-order valence-corrected chi connectivity index (χ2v) is 7.97. The van der Waals surface area contributed by atoms with E-state index in [9.17, 15) is 14.0 Å². The van der Waals surface area contributed by atoms with E-state index in [2.05, 4.69) is 20.8 Å². The minimum absolute atomic E-state index is 0.0214. The van der Waals surface area contributed by atoms with Crippen molar-refractivity contribution in [3.05, 3.63) is 65.2 Å². The molecule has 0 atom stereocenters. The van der Waals surface area contributed by atoms with E-state index in [1.54, 1.807) is 4.57 Å². The van der Waals surface area contributed by atoms with Crippen molar-refractivity contribution >= 4 is 35.0 Å². The number of hydrogen-bond acceptors (Lipinski definition) is 5. The number of carbonyl (C=O) groups is 2. The Kier molecular flexibility index (Phi) is 7.41. The molecule has 0 fully saturated rings. The first-order valence-corrected chi connectivity index (χ1v) is 10.8. The Hall–Kier alpha value is -3.20. The average molecular weight is 442 g/mol. The van der Waals surface area contributed by atoms with E-state index in [0.29, 0.717) is 23.2 Å². The number of anilines is 2. The predicted molar refractivity (Wildman–Crippen MR) is 120 cm³/mol. The third-order valence-corrected chi connectivity index (χ3v) is 5.51. The highest BCUT2D eigenvalue weighted by molar-refractivity contribution is 7.99. The highest BCUT2D eigenvalue weighted by Crippen LogP contribution is 2.20. The van der Waals surface area contributed by atoms with Gasteiger partial charge in [0.15, 0.2) is 5.16 Å². The molecular formula is C22H24FN5O2S. The van der Waals surface area contributed by atoms with Gasteiger partial charge in [-0.05, 0) is 56.7 Å². The summed E-state index contributed by atoms with van der Waals surface area (Å²) in [5, 5.41) is 14.4. The van der Waals surface area contributed by atoms with Crippen LogP contribution in [0.4, 0.5) is 15.8 Å². The number of rotatable bonds is 8. The second-order valence-electron chi connectivity index (χ2n) is 7.03. The van der Waals surface area contributed by atoms with Crippen molar-refractivity contribution in [2.75, 3.05) is 16.4 Å². The van der Waals surface area contributed by atoms with Crippen LogP contribution in [0.1, 0.15) is 23.9 Å². The molecule has 0 aliphatic carbocycles. The quantitative estimate of drug-likeness (QED) is 0.517. The third-order valence-electron chi connectivity index (χ3n) is 4.54. The fraction of sp³-hybridized carbons (Fsp3) is 0.273. The van der Waals surface area contributed by atoms with Crippen molar-refractivity contribution in [3.63, 3.8) is 0 Å². The summed E-state index contributed by atoms with van der Waals surface area (Å²) in [6.45, 7) is 6.44. The van der Waals surface area contributed by atoms with Gasteiger partial charge in [-0.1, -0.05) is 29.5 Å². The van der Waals surface area contributed by atoms with Crippen molar-refractivity contribution in [1.82, 2.24) is 14.8 Å². The van der Waals surface area contributed by atoms with Gasteiger partial charge >= 0.3 is 0 Å². The van der Waals surface area contributed by atoms with Crippen molar-refractivity contribution in [3.8, 4) is 0 Å². The van der Waals surface area contributed by atoms with Crippen molar-refractivity contribution in [2.24, 2.45) is 0 Å². The van der Waals surface area contributed by atoms with E-state index in [1.165, 1.54) is 36.0 Å². The molecule has 0 radical (unpaired) electrons. The van der Waals surface area contributed by atoms with Crippen LogP contribution in [-0.2, 0) is 22.6 Å². The molecule has 0 spiro atoms. The van der Waals surface area contributed by atoms with Crippen LogP contribution in [0, 0.1) is 19.7 Å². The van der Waals surface area contributed by atoms with E-state index >= 15 is 0 Å². The molecule has 3 rings (SSSR count). The fourth-order valence-corrected chi connectivity index (χ4v) is 3.85. The molecule has 0 saturated carbocycles. The predicted octanol–water partition coefficient (Wildman–Crippen LogP) is 3.97. The molecule has 2 N–H and O–H groups in total. The Bertz CT molecular complexity index is 1080. The summed E-state index contributed by atoms with van der Waals surface area (Å²) >= 11 is 1.27. The number of hydrogen-bond donors (Lipinski definition) is 2. The van der Waals surface area contributed by atoms with Gasteiger partial charge in [0, 0.05) is 17.9 Å². The first-order chi connectivity index (χ1) is 14.9. The highest BCUT2D eigenvalue weighted by Gasteiger charge is 2.16. The number of nitrogens with one attached hydrogen (secondary N) is 2. The second kappa shape index (κ2) is 10.2. The van der Waals surface area contributed by atoms with Crippen molar-refractivity contribution in [2.45, 2.75) is 38.9 Å². The summed E-state index contributed by atoms with van der Waals surface area (Å²) in [5.74, 6) is -0.116. The summed E-state index contributed by atoms with van der Waals surface area (Å²) in [5.41, 5.74) is 3.43. The Labute approximate surface area is 184 Å². The Morgan fingerprint density at radius 2 is 1.77 bits per heavy atom. The molecule has 0 saturated heterocycles. The number of nitrogens with zero attached hydrogens (tertiary/aromatic N) is 3. The SMILES string of the molecule is CCn1c(CC(=O)Nc2ccc(F)cc2)nnc1SCC(=O)Nc1ccc(C)cc1C. The number of amides is 2. The minimum Gasteiger partial charge on any atom is -0.326 e. The standard InChI is InChI=1S/C22H24FN5O2S/c1-4-28-19(12-20(29)24-17-8-6-16(23)7-9-17)26-27-22(28)31-13-21(30)25-18-10-5-14(2)11-15(18)3/h5-11H,4,12-13H2,1-3H3,(H,24,29)(H,25,30). The molecule has 1 aromatic heterocycles. The van der Waals surface area contributed by atoms with Crippen LogP contribution in [0.5, 0.6) is 0 Å². The van der Waals surface area contributed by atoms with Crippen LogP contribution >= 0.6 is 11.8 Å². The molecule has 0 aliphatic heterocycles. The van der Waals surface area contributed by atoms with Crippen LogP contribution in [0.2, 0.25) is 0 Å². The number of thioether (sulfide) groups is 1. The molecule has 162 valence electrons. The first-order valence-electron chi connectivity index (χ1n) is 9.83. The van der Waals surface area contributed by atoms with Gasteiger partial charge in [-0.3, -0.25) is 9.59 Å². The van der Waals surface area contributed by atoms with Crippen LogP contribution in [-0.4, -0.2) is 32.3 Å². The molecule has 0 unspecified atom stereocenters. The monoisotopic (exact) mass is 441 g/mol. The largest absolute Gasteiger partial charge is 0.326 e. The van der Waals surface area contributed by atoms with Gasteiger partial charge in [-0.15, -0.1) is 10.2 Å². The summed E-state index contributed by atoms with van der Waals surface area (Å²) in [4.78, 5) is 24.7. The lowest BCUT2D eigenvalue weighted by molar-refractivity contribution is -0.116. The van der Waals surface area contributed by atoms with Gasteiger partial charge in [-0.2, -0.15) is 0 Å². The van der Waals surface area contributed by atoms with Crippen LogP contribution in [0.25, 0.3) is 0 Å². The zero-order valence-electron chi connectivity index (χ0n) is 17.6. The minimum atomic E-state index is -0.369. The van der Waals surface area contributed by atoms with Gasteiger partial charge < -0.3 is 15.2 Å². The lowest BCUT2D eigenvalue weighted by Gasteiger charge is -2.10. The Balaban J connectivity index is 1.58.